The second-order valence-electron chi connectivity index (χ2n) is 5.74. The Morgan fingerprint density at radius 2 is 1.95 bits per heavy atom. The van der Waals surface area contributed by atoms with Crippen LogP contribution in [0.15, 0.2) is 0 Å². The number of carbonyl (C=O) groups excluding carboxylic acids is 2. The number of hydrogen-bond donors (Lipinski definition) is 1. The van der Waals surface area contributed by atoms with E-state index in [1.54, 1.807) is 4.90 Å². The van der Waals surface area contributed by atoms with Gasteiger partial charge in [0.05, 0.1) is 19.3 Å². The van der Waals surface area contributed by atoms with Crippen LogP contribution in [0.1, 0.15) is 46.0 Å². The van der Waals surface area contributed by atoms with E-state index >= 15 is 0 Å². The standard InChI is InChI=1S/C14H24N2O3/c1-11(2)19-9-8-16-12(17)10-15-13(18)14(16)6-4-3-5-7-14/h11H,3-10H2,1-2H3,(H,15,18). The normalized spacial score (nSPS) is 23.0. The van der Waals surface area contributed by atoms with E-state index in [0.717, 1.165) is 32.1 Å². The van der Waals surface area contributed by atoms with Crippen LogP contribution in [0.3, 0.4) is 0 Å². The molecule has 1 saturated heterocycles. The molecule has 1 aliphatic heterocycles. The van der Waals surface area contributed by atoms with Crippen LogP contribution < -0.4 is 5.32 Å². The van der Waals surface area contributed by atoms with Crippen molar-refractivity contribution in [2.24, 2.45) is 0 Å². The van der Waals surface area contributed by atoms with Gasteiger partial charge in [0.15, 0.2) is 0 Å². The molecule has 5 nitrogen and oxygen atoms in total. The zero-order valence-corrected chi connectivity index (χ0v) is 11.9. The van der Waals surface area contributed by atoms with Crippen LogP contribution in [0.2, 0.25) is 0 Å². The fourth-order valence-corrected chi connectivity index (χ4v) is 3.13. The molecular weight excluding hydrogens is 244 g/mol. The Morgan fingerprint density at radius 1 is 1.26 bits per heavy atom. The highest BCUT2D eigenvalue weighted by Crippen LogP contribution is 2.35. The van der Waals surface area contributed by atoms with Gasteiger partial charge in [-0.25, -0.2) is 0 Å². The van der Waals surface area contributed by atoms with E-state index in [4.69, 9.17) is 4.74 Å². The Labute approximate surface area is 114 Å². The predicted molar refractivity (Wildman–Crippen MR) is 71.6 cm³/mol. The van der Waals surface area contributed by atoms with Crippen molar-refractivity contribution in [3.05, 3.63) is 0 Å². The number of hydrogen-bond acceptors (Lipinski definition) is 3. The average Bonchev–Trinajstić information content (AvgIpc) is 2.39. The van der Waals surface area contributed by atoms with E-state index in [-0.39, 0.29) is 24.5 Å². The third kappa shape index (κ3) is 2.91. The first-order valence-electron chi connectivity index (χ1n) is 7.26. The van der Waals surface area contributed by atoms with Gasteiger partial charge in [-0.05, 0) is 26.7 Å². The minimum absolute atomic E-state index is 0.0221. The van der Waals surface area contributed by atoms with Crippen molar-refractivity contribution in [1.29, 1.82) is 0 Å². The summed E-state index contributed by atoms with van der Waals surface area (Å²) in [7, 11) is 0. The Bertz CT molecular complexity index is 349. The SMILES string of the molecule is CC(C)OCCN1C(=O)CNC(=O)C12CCCCC2. The molecule has 1 aliphatic carbocycles. The van der Waals surface area contributed by atoms with Gasteiger partial charge in [-0.2, -0.15) is 0 Å². The first kappa shape index (κ1) is 14.3. The summed E-state index contributed by atoms with van der Waals surface area (Å²) in [5, 5.41) is 2.75. The molecule has 2 aliphatic rings. The average molecular weight is 268 g/mol. The van der Waals surface area contributed by atoms with Crippen LogP contribution in [-0.2, 0) is 14.3 Å². The highest BCUT2D eigenvalue weighted by Gasteiger charge is 2.49. The molecule has 0 bridgehead atoms. The van der Waals surface area contributed by atoms with Crippen molar-refractivity contribution < 1.29 is 14.3 Å². The van der Waals surface area contributed by atoms with Gasteiger partial charge in [0.1, 0.15) is 5.54 Å². The van der Waals surface area contributed by atoms with Crippen molar-refractivity contribution in [2.45, 2.75) is 57.6 Å². The monoisotopic (exact) mass is 268 g/mol. The van der Waals surface area contributed by atoms with E-state index in [9.17, 15) is 9.59 Å². The summed E-state index contributed by atoms with van der Waals surface area (Å²) in [6.45, 7) is 5.09. The maximum Gasteiger partial charge on any atom is 0.246 e. The Kier molecular flexibility index (Phi) is 4.45. The summed E-state index contributed by atoms with van der Waals surface area (Å²) >= 11 is 0. The molecule has 1 heterocycles. The summed E-state index contributed by atoms with van der Waals surface area (Å²) in [6.07, 6.45) is 4.90. The Balaban J connectivity index is 2.09. The Hall–Kier alpha value is -1.10. The van der Waals surface area contributed by atoms with E-state index < -0.39 is 5.54 Å². The largest absolute Gasteiger partial charge is 0.377 e. The summed E-state index contributed by atoms with van der Waals surface area (Å²) in [5.41, 5.74) is -0.603. The van der Waals surface area contributed by atoms with Gasteiger partial charge in [0.2, 0.25) is 11.8 Å². The summed E-state index contributed by atoms with van der Waals surface area (Å²) in [5.74, 6) is 0.0465. The number of carbonyl (C=O) groups is 2. The number of nitrogens with zero attached hydrogens (tertiary/aromatic N) is 1. The third-order valence-corrected chi connectivity index (χ3v) is 4.09. The highest BCUT2D eigenvalue weighted by atomic mass is 16.5. The van der Waals surface area contributed by atoms with Crippen molar-refractivity contribution in [3.63, 3.8) is 0 Å². The molecule has 5 heteroatoms. The van der Waals surface area contributed by atoms with Gasteiger partial charge in [0.25, 0.3) is 0 Å². The van der Waals surface area contributed by atoms with Crippen molar-refractivity contribution >= 4 is 11.8 Å². The predicted octanol–water partition coefficient (Wildman–Crippen LogP) is 1.07. The van der Waals surface area contributed by atoms with Crippen LogP contribution in [0.5, 0.6) is 0 Å². The zero-order chi connectivity index (χ0) is 13.9. The van der Waals surface area contributed by atoms with Gasteiger partial charge in [-0.3, -0.25) is 9.59 Å². The lowest BCUT2D eigenvalue weighted by Gasteiger charge is -2.47. The number of piperazine rings is 1. The fraction of sp³-hybridized carbons (Fsp3) is 0.857. The molecule has 2 amide bonds. The Morgan fingerprint density at radius 3 is 2.58 bits per heavy atom. The number of amides is 2. The van der Waals surface area contributed by atoms with Gasteiger partial charge in [0, 0.05) is 6.54 Å². The molecule has 1 N–H and O–H groups in total. The molecule has 0 atom stereocenters. The molecule has 1 saturated carbocycles. The van der Waals surface area contributed by atoms with Crippen molar-refractivity contribution in [2.75, 3.05) is 19.7 Å². The van der Waals surface area contributed by atoms with Gasteiger partial charge >= 0.3 is 0 Å². The molecule has 0 aromatic rings. The summed E-state index contributed by atoms with van der Waals surface area (Å²) in [4.78, 5) is 26.2. The minimum Gasteiger partial charge on any atom is -0.377 e. The first-order valence-corrected chi connectivity index (χ1v) is 7.26. The molecule has 2 fully saturated rings. The second-order valence-corrected chi connectivity index (χ2v) is 5.74. The van der Waals surface area contributed by atoms with E-state index in [1.807, 2.05) is 13.8 Å². The molecule has 2 rings (SSSR count). The zero-order valence-electron chi connectivity index (χ0n) is 11.9. The van der Waals surface area contributed by atoms with Crippen molar-refractivity contribution in [1.82, 2.24) is 10.2 Å². The molecule has 0 aromatic heterocycles. The van der Waals surface area contributed by atoms with Crippen LogP contribution in [-0.4, -0.2) is 48.1 Å². The fourth-order valence-electron chi connectivity index (χ4n) is 3.13. The molecular formula is C14H24N2O3. The maximum absolute atomic E-state index is 12.3. The highest BCUT2D eigenvalue weighted by molar-refractivity contribution is 5.98. The van der Waals surface area contributed by atoms with Gasteiger partial charge in [-0.15, -0.1) is 0 Å². The summed E-state index contributed by atoms with van der Waals surface area (Å²) in [6, 6.07) is 0. The van der Waals surface area contributed by atoms with Crippen LogP contribution >= 0.6 is 0 Å². The van der Waals surface area contributed by atoms with Crippen LogP contribution in [0.4, 0.5) is 0 Å². The molecule has 1 spiro atoms. The molecule has 19 heavy (non-hydrogen) atoms. The lowest BCUT2D eigenvalue weighted by molar-refractivity contribution is -0.157. The van der Waals surface area contributed by atoms with E-state index in [0.29, 0.717) is 13.2 Å². The van der Waals surface area contributed by atoms with E-state index in [2.05, 4.69) is 5.32 Å². The maximum atomic E-state index is 12.3. The minimum atomic E-state index is -0.603. The third-order valence-electron chi connectivity index (χ3n) is 4.09. The van der Waals surface area contributed by atoms with Crippen LogP contribution in [0, 0.1) is 0 Å². The number of nitrogens with one attached hydrogen (secondary N) is 1. The lowest BCUT2D eigenvalue weighted by atomic mass is 9.78. The van der Waals surface area contributed by atoms with Gasteiger partial charge < -0.3 is 15.0 Å². The van der Waals surface area contributed by atoms with Crippen molar-refractivity contribution in [3.8, 4) is 0 Å². The quantitative estimate of drug-likeness (QED) is 0.830. The molecule has 0 radical (unpaired) electrons. The summed E-state index contributed by atoms with van der Waals surface area (Å²) < 4.78 is 5.54. The van der Waals surface area contributed by atoms with Crippen LogP contribution in [0.25, 0.3) is 0 Å². The lowest BCUT2D eigenvalue weighted by Crippen LogP contribution is -2.68. The van der Waals surface area contributed by atoms with E-state index in [1.165, 1.54) is 0 Å². The number of ether oxygens (including phenoxy) is 1. The molecule has 0 unspecified atom stereocenters. The topological polar surface area (TPSA) is 58.6 Å². The number of rotatable bonds is 4. The first-order chi connectivity index (χ1) is 9.06. The second kappa shape index (κ2) is 5.90. The van der Waals surface area contributed by atoms with Gasteiger partial charge in [-0.1, -0.05) is 19.3 Å². The molecule has 0 aromatic carbocycles. The molecule has 108 valence electrons. The smallest absolute Gasteiger partial charge is 0.246 e.